The highest BCUT2D eigenvalue weighted by Gasteiger charge is 2.49. The van der Waals surface area contributed by atoms with Crippen LogP contribution >= 0.6 is 0 Å². The fraction of sp³-hybridized carbons (Fsp3) is 0.800. The van der Waals surface area contributed by atoms with E-state index in [-0.39, 0.29) is 11.8 Å². The molecule has 0 aromatic heterocycles. The zero-order chi connectivity index (χ0) is 10.1. The normalized spacial score (nSPS) is 31.3. The Hall–Kier alpha value is -1.06. The molecule has 1 N–H and O–H groups in total. The molecular formula is C10H15NO3. The maximum absolute atomic E-state index is 11.7. The summed E-state index contributed by atoms with van der Waals surface area (Å²) in [7, 11) is 0. The number of carboxylic acid groups (broad SMARTS) is 1. The number of carboxylic acids is 1. The molecule has 1 saturated carbocycles. The Morgan fingerprint density at radius 2 is 1.71 bits per heavy atom. The van der Waals surface area contributed by atoms with Gasteiger partial charge in [-0.15, -0.1) is 0 Å². The number of piperidine rings is 1. The smallest absolute Gasteiger partial charge is 0.307 e. The molecule has 2 aliphatic rings. The molecule has 1 aliphatic carbocycles. The van der Waals surface area contributed by atoms with Crippen LogP contribution in [0.2, 0.25) is 0 Å². The lowest BCUT2D eigenvalue weighted by Crippen LogP contribution is -2.37. The molecule has 0 aromatic rings. The maximum atomic E-state index is 11.7. The Labute approximate surface area is 82.9 Å². The third-order valence-corrected chi connectivity index (χ3v) is 3.09. The Morgan fingerprint density at radius 3 is 2.21 bits per heavy atom. The van der Waals surface area contributed by atoms with Crippen molar-refractivity contribution in [3.63, 3.8) is 0 Å². The van der Waals surface area contributed by atoms with Gasteiger partial charge in [0.2, 0.25) is 5.91 Å². The van der Waals surface area contributed by atoms with E-state index in [0.717, 1.165) is 25.9 Å². The molecule has 0 aromatic carbocycles. The molecule has 0 spiro atoms. The number of rotatable bonds is 2. The molecular weight excluding hydrogens is 182 g/mol. The van der Waals surface area contributed by atoms with Gasteiger partial charge in [0.1, 0.15) is 0 Å². The molecule has 1 saturated heterocycles. The second-order valence-electron chi connectivity index (χ2n) is 4.17. The van der Waals surface area contributed by atoms with E-state index in [1.165, 1.54) is 6.42 Å². The van der Waals surface area contributed by atoms with Gasteiger partial charge < -0.3 is 10.0 Å². The lowest BCUT2D eigenvalue weighted by atomic mass is 10.1. The number of carbonyl (C=O) groups excluding carboxylic acids is 1. The van der Waals surface area contributed by atoms with Gasteiger partial charge in [-0.05, 0) is 25.7 Å². The van der Waals surface area contributed by atoms with E-state index < -0.39 is 11.9 Å². The second-order valence-corrected chi connectivity index (χ2v) is 4.17. The molecule has 1 amide bonds. The molecule has 1 aliphatic heterocycles. The third kappa shape index (κ3) is 1.74. The van der Waals surface area contributed by atoms with E-state index in [4.69, 9.17) is 5.11 Å². The standard InChI is InChI=1S/C10H15NO3/c12-9(7-6-8(7)10(13)14)11-4-2-1-3-5-11/h7-8H,1-6H2,(H,13,14)/t7-,8+/m1/s1. The second kappa shape index (κ2) is 3.59. The van der Waals surface area contributed by atoms with Crippen molar-refractivity contribution in [2.45, 2.75) is 25.7 Å². The Kier molecular flexibility index (Phi) is 2.44. The quantitative estimate of drug-likeness (QED) is 0.709. The number of likely N-dealkylation sites (tertiary alicyclic amines) is 1. The fourth-order valence-electron chi connectivity index (χ4n) is 2.09. The molecule has 2 rings (SSSR count). The summed E-state index contributed by atoms with van der Waals surface area (Å²) in [6.07, 6.45) is 3.87. The summed E-state index contributed by atoms with van der Waals surface area (Å²) in [5.74, 6) is -1.37. The summed E-state index contributed by atoms with van der Waals surface area (Å²) in [6, 6.07) is 0. The highest BCUT2D eigenvalue weighted by atomic mass is 16.4. The van der Waals surface area contributed by atoms with Crippen LogP contribution in [-0.2, 0) is 9.59 Å². The predicted octanol–water partition coefficient (Wildman–Crippen LogP) is 0.720. The number of carbonyl (C=O) groups is 2. The van der Waals surface area contributed by atoms with E-state index in [1.807, 2.05) is 4.90 Å². The summed E-state index contributed by atoms with van der Waals surface area (Å²) in [4.78, 5) is 24.2. The monoisotopic (exact) mass is 197 g/mol. The van der Waals surface area contributed by atoms with Gasteiger partial charge in [-0.2, -0.15) is 0 Å². The minimum absolute atomic E-state index is 0.0668. The molecule has 78 valence electrons. The lowest BCUT2D eigenvalue weighted by Gasteiger charge is -2.26. The van der Waals surface area contributed by atoms with Crippen molar-refractivity contribution in [3.05, 3.63) is 0 Å². The largest absolute Gasteiger partial charge is 0.481 e. The number of hydrogen-bond acceptors (Lipinski definition) is 2. The summed E-state index contributed by atoms with van der Waals surface area (Å²) in [5, 5.41) is 8.70. The zero-order valence-electron chi connectivity index (χ0n) is 8.11. The van der Waals surface area contributed by atoms with Crippen LogP contribution in [0.4, 0.5) is 0 Å². The minimum atomic E-state index is -0.819. The Morgan fingerprint density at radius 1 is 1.07 bits per heavy atom. The molecule has 2 fully saturated rings. The van der Waals surface area contributed by atoms with Crippen molar-refractivity contribution in [1.82, 2.24) is 4.90 Å². The van der Waals surface area contributed by atoms with E-state index in [2.05, 4.69) is 0 Å². The van der Waals surface area contributed by atoms with Crippen LogP contribution in [0.5, 0.6) is 0 Å². The van der Waals surface area contributed by atoms with Gasteiger partial charge in [0.25, 0.3) is 0 Å². The van der Waals surface area contributed by atoms with Crippen LogP contribution in [-0.4, -0.2) is 35.0 Å². The number of aliphatic carboxylic acids is 1. The van der Waals surface area contributed by atoms with Gasteiger partial charge in [-0.1, -0.05) is 0 Å². The first-order valence-corrected chi connectivity index (χ1v) is 5.22. The third-order valence-electron chi connectivity index (χ3n) is 3.09. The van der Waals surface area contributed by atoms with Gasteiger partial charge in [-0.25, -0.2) is 0 Å². The summed E-state index contributed by atoms with van der Waals surface area (Å²) < 4.78 is 0. The van der Waals surface area contributed by atoms with Crippen LogP contribution in [0, 0.1) is 11.8 Å². The molecule has 4 nitrogen and oxygen atoms in total. The summed E-state index contributed by atoms with van der Waals surface area (Å²) in [6.45, 7) is 1.64. The Bertz CT molecular complexity index is 258. The first kappa shape index (κ1) is 9.49. The van der Waals surface area contributed by atoms with Gasteiger partial charge in [0.05, 0.1) is 11.8 Å². The van der Waals surface area contributed by atoms with Crippen molar-refractivity contribution in [2.75, 3.05) is 13.1 Å². The average Bonchev–Trinajstić information content (AvgIpc) is 2.97. The molecule has 0 unspecified atom stereocenters. The number of amides is 1. The van der Waals surface area contributed by atoms with Gasteiger partial charge in [-0.3, -0.25) is 9.59 Å². The van der Waals surface area contributed by atoms with E-state index in [9.17, 15) is 9.59 Å². The zero-order valence-corrected chi connectivity index (χ0v) is 8.11. The molecule has 1 heterocycles. The van der Waals surface area contributed by atoms with Crippen LogP contribution < -0.4 is 0 Å². The van der Waals surface area contributed by atoms with Gasteiger partial charge in [0.15, 0.2) is 0 Å². The van der Waals surface area contributed by atoms with Crippen LogP contribution in [0.25, 0.3) is 0 Å². The minimum Gasteiger partial charge on any atom is -0.481 e. The van der Waals surface area contributed by atoms with Crippen LogP contribution in [0.3, 0.4) is 0 Å². The van der Waals surface area contributed by atoms with Gasteiger partial charge >= 0.3 is 5.97 Å². The molecule has 4 heteroatoms. The van der Waals surface area contributed by atoms with E-state index in [1.54, 1.807) is 0 Å². The highest BCUT2D eigenvalue weighted by Crippen LogP contribution is 2.40. The fourth-order valence-corrected chi connectivity index (χ4v) is 2.09. The van der Waals surface area contributed by atoms with E-state index in [0.29, 0.717) is 6.42 Å². The molecule has 14 heavy (non-hydrogen) atoms. The molecule has 2 atom stereocenters. The predicted molar refractivity (Wildman–Crippen MR) is 49.7 cm³/mol. The van der Waals surface area contributed by atoms with Crippen molar-refractivity contribution < 1.29 is 14.7 Å². The molecule has 0 radical (unpaired) electrons. The molecule has 0 bridgehead atoms. The first-order chi connectivity index (χ1) is 6.70. The number of nitrogens with zero attached hydrogens (tertiary/aromatic N) is 1. The SMILES string of the molecule is O=C(O)[C@H]1C[C@H]1C(=O)N1CCCCC1. The average molecular weight is 197 g/mol. The van der Waals surface area contributed by atoms with Crippen molar-refractivity contribution >= 4 is 11.9 Å². The summed E-state index contributed by atoms with van der Waals surface area (Å²) >= 11 is 0. The van der Waals surface area contributed by atoms with E-state index >= 15 is 0 Å². The van der Waals surface area contributed by atoms with Crippen LogP contribution in [0.15, 0.2) is 0 Å². The summed E-state index contributed by atoms with van der Waals surface area (Å²) in [5.41, 5.74) is 0. The number of hydrogen-bond donors (Lipinski definition) is 1. The maximum Gasteiger partial charge on any atom is 0.307 e. The topological polar surface area (TPSA) is 57.6 Å². The lowest BCUT2D eigenvalue weighted by molar-refractivity contribution is -0.142. The van der Waals surface area contributed by atoms with Crippen molar-refractivity contribution in [3.8, 4) is 0 Å². The Balaban J connectivity index is 1.87. The first-order valence-electron chi connectivity index (χ1n) is 5.22. The van der Waals surface area contributed by atoms with Crippen molar-refractivity contribution in [1.29, 1.82) is 0 Å². The van der Waals surface area contributed by atoms with Crippen LogP contribution in [0.1, 0.15) is 25.7 Å². The van der Waals surface area contributed by atoms with Crippen molar-refractivity contribution in [2.24, 2.45) is 11.8 Å². The highest BCUT2D eigenvalue weighted by molar-refractivity contribution is 5.89. The van der Waals surface area contributed by atoms with Gasteiger partial charge in [0, 0.05) is 13.1 Å².